The Balaban J connectivity index is 1.17. The molecule has 2 aliphatic rings. The van der Waals surface area contributed by atoms with Crippen LogP contribution < -0.4 is 11.1 Å². The first-order valence-electron chi connectivity index (χ1n) is 13.9. The van der Waals surface area contributed by atoms with Gasteiger partial charge in [-0.2, -0.15) is 0 Å². The average Bonchev–Trinajstić information content (AvgIpc) is 3.31. The van der Waals surface area contributed by atoms with Crippen LogP contribution in [0.4, 0.5) is 5.82 Å². The molecule has 206 valence electrons. The van der Waals surface area contributed by atoms with Gasteiger partial charge in [0.15, 0.2) is 11.4 Å². The zero-order valence-corrected chi connectivity index (χ0v) is 22.1. The third kappa shape index (κ3) is 6.41. The van der Waals surface area contributed by atoms with Crippen LogP contribution in [-0.4, -0.2) is 40.4 Å². The topological polar surface area (TPSA) is 128 Å². The molecular weight excluding hydrogens is 496 g/mol. The molecule has 9 heteroatoms. The lowest BCUT2D eigenvalue weighted by molar-refractivity contribution is -0.153. The number of carbonyl (C=O) groups is 3. The number of nitrogens with zero attached hydrogens (tertiary/aromatic N) is 2. The number of nitrogen functional groups attached to an aromatic ring is 1. The lowest BCUT2D eigenvalue weighted by atomic mass is 9.76. The van der Waals surface area contributed by atoms with E-state index in [9.17, 15) is 14.4 Å². The van der Waals surface area contributed by atoms with Crippen LogP contribution in [0.2, 0.25) is 0 Å². The monoisotopic (exact) mass is 532 g/mol. The first-order valence-corrected chi connectivity index (χ1v) is 13.9. The summed E-state index contributed by atoms with van der Waals surface area (Å²) in [4.78, 5) is 41.0. The van der Waals surface area contributed by atoms with E-state index in [1.54, 1.807) is 11.0 Å². The van der Waals surface area contributed by atoms with E-state index in [2.05, 4.69) is 10.5 Å². The minimum atomic E-state index is -0.488. The summed E-state index contributed by atoms with van der Waals surface area (Å²) in [5.41, 5.74) is 8.14. The summed E-state index contributed by atoms with van der Waals surface area (Å²) in [6.07, 6.45) is 6.60. The highest BCUT2D eigenvalue weighted by Gasteiger charge is 2.42. The number of hydrogen-bond acceptors (Lipinski definition) is 7. The van der Waals surface area contributed by atoms with Crippen LogP contribution in [0.1, 0.15) is 62.5 Å². The quantitative estimate of drug-likeness (QED) is 0.372. The van der Waals surface area contributed by atoms with Crippen LogP contribution in [0.15, 0.2) is 53.1 Å². The fourth-order valence-corrected chi connectivity index (χ4v) is 5.74. The summed E-state index contributed by atoms with van der Waals surface area (Å²) in [5, 5.41) is 7.45. The van der Waals surface area contributed by atoms with Gasteiger partial charge in [0.05, 0.1) is 5.39 Å². The van der Waals surface area contributed by atoms with Gasteiger partial charge in [-0.25, -0.2) is 0 Å². The Labute approximate surface area is 228 Å². The van der Waals surface area contributed by atoms with Gasteiger partial charge in [0.1, 0.15) is 12.6 Å². The van der Waals surface area contributed by atoms with Gasteiger partial charge >= 0.3 is 5.97 Å². The number of rotatable bonds is 10. The molecule has 2 heterocycles. The van der Waals surface area contributed by atoms with Crippen molar-refractivity contribution in [3.8, 4) is 0 Å². The molecule has 9 nitrogen and oxygen atoms in total. The number of hydrogen-bond donors (Lipinski definition) is 2. The van der Waals surface area contributed by atoms with E-state index < -0.39 is 6.04 Å². The predicted molar refractivity (Wildman–Crippen MR) is 146 cm³/mol. The van der Waals surface area contributed by atoms with Crippen molar-refractivity contribution < 1.29 is 23.6 Å². The molecule has 1 saturated carbocycles. The van der Waals surface area contributed by atoms with E-state index in [0.29, 0.717) is 37.3 Å². The Kier molecular flexibility index (Phi) is 8.44. The SMILES string of the molecule is Nc1noc2cc(CNC(=O)[C@@H]3CCN3C(=O)[C@H](CCC(=O)OCc3ccccc3)C3CCCCC3)ccc12. The number of nitrogens with two attached hydrogens (primary N) is 1. The second kappa shape index (κ2) is 12.3. The molecule has 3 N–H and O–H groups in total. The molecule has 2 fully saturated rings. The van der Waals surface area contributed by atoms with Crippen molar-refractivity contribution in [3.63, 3.8) is 0 Å². The molecule has 5 rings (SSSR count). The number of ether oxygens (including phenoxy) is 1. The third-order valence-corrected chi connectivity index (χ3v) is 8.07. The van der Waals surface area contributed by atoms with Crippen LogP contribution in [-0.2, 0) is 32.3 Å². The summed E-state index contributed by atoms with van der Waals surface area (Å²) in [6, 6.07) is 14.6. The van der Waals surface area contributed by atoms with Crippen molar-refractivity contribution >= 4 is 34.6 Å². The van der Waals surface area contributed by atoms with E-state index in [-0.39, 0.29) is 42.6 Å². The van der Waals surface area contributed by atoms with Gasteiger partial charge in [-0.05, 0) is 54.9 Å². The molecule has 1 aliphatic carbocycles. The normalized spacial score (nSPS) is 18.4. The molecule has 3 aromatic rings. The summed E-state index contributed by atoms with van der Waals surface area (Å²) >= 11 is 0. The molecule has 2 aromatic carbocycles. The van der Waals surface area contributed by atoms with Crippen LogP contribution in [0.25, 0.3) is 11.0 Å². The van der Waals surface area contributed by atoms with Crippen molar-refractivity contribution in [2.24, 2.45) is 11.8 Å². The van der Waals surface area contributed by atoms with Crippen LogP contribution in [0, 0.1) is 11.8 Å². The lowest BCUT2D eigenvalue weighted by Crippen LogP contribution is -2.60. The zero-order valence-electron chi connectivity index (χ0n) is 22.1. The zero-order chi connectivity index (χ0) is 27.2. The molecule has 1 aliphatic heterocycles. The van der Waals surface area contributed by atoms with Crippen molar-refractivity contribution in [1.29, 1.82) is 0 Å². The summed E-state index contributed by atoms with van der Waals surface area (Å²) in [6.45, 7) is 1.10. The summed E-state index contributed by atoms with van der Waals surface area (Å²) in [7, 11) is 0. The fraction of sp³-hybridized carbons (Fsp3) is 0.467. The van der Waals surface area contributed by atoms with Gasteiger partial charge < -0.3 is 25.2 Å². The Morgan fingerprint density at radius 2 is 1.85 bits per heavy atom. The van der Waals surface area contributed by atoms with Crippen LogP contribution in [0.5, 0.6) is 0 Å². The van der Waals surface area contributed by atoms with Gasteiger partial charge in [0, 0.05) is 25.4 Å². The number of aromatic nitrogens is 1. The fourth-order valence-electron chi connectivity index (χ4n) is 5.74. The molecule has 0 radical (unpaired) electrons. The van der Waals surface area contributed by atoms with E-state index in [0.717, 1.165) is 42.2 Å². The molecule has 1 aromatic heterocycles. The van der Waals surface area contributed by atoms with Crippen LogP contribution in [0.3, 0.4) is 0 Å². The number of benzene rings is 2. The highest BCUT2D eigenvalue weighted by molar-refractivity contribution is 5.91. The maximum absolute atomic E-state index is 13.7. The van der Waals surface area contributed by atoms with Gasteiger partial charge in [0.25, 0.3) is 0 Å². The van der Waals surface area contributed by atoms with E-state index in [1.807, 2.05) is 42.5 Å². The van der Waals surface area contributed by atoms with Gasteiger partial charge in [0.2, 0.25) is 11.8 Å². The van der Waals surface area contributed by atoms with E-state index in [1.165, 1.54) is 6.42 Å². The maximum Gasteiger partial charge on any atom is 0.306 e. The average molecular weight is 533 g/mol. The molecule has 1 saturated heterocycles. The van der Waals surface area contributed by atoms with Crippen molar-refractivity contribution in [2.75, 3.05) is 12.3 Å². The number of fused-ring (bicyclic) bond motifs is 1. The first-order chi connectivity index (χ1) is 19.0. The minimum absolute atomic E-state index is 0.0114. The molecule has 0 unspecified atom stereocenters. The largest absolute Gasteiger partial charge is 0.461 e. The minimum Gasteiger partial charge on any atom is -0.461 e. The standard InChI is InChI=1S/C30H36N4O5/c31-28-24-12-11-21(17-26(24)39-33-28)18-32-29(36)25-15-16-34(25)30(37)23(22-9-5-2-6-10-22)13-14-27(35)38-19-20-7-3-1-4-8-20/h1,3-4,7-8,11-12,17,22-23,25H,2,5-6,9-10,13-16,18-19H2,(H2,31,33)(H,32,36)/t23-,25+/m1/s1. The third-order valence-electron chi connectivity index (χ3n) is 8.07. The summed E-state index contributed by atoms with van der Waals surface area (Å²) in [5.74, 6) is -0.181. The number of likely N-dealkylation sites (tertiary alicyclic amines) is 1. The molecule has 2 atom stereocenters. The van der Waals surface area contributed by atoms with Gasteiger partial charge in [-0.3, -0.25) is 14.4 Å². The van der Waals surface area contributed by atoms with E-state index >= 15 is 0 Å². The smallest absolute Gasteiger partial charge is 0.306 e. The second-order valence-corrected chi connectivity index (χ2v) is 10.6. The maximum atomic E-state index is 13.7. The van der Waals surface area contributed by atoms with Crippen molar-refractivity contribution in [1.82, 2.24) is 15.4 Å². The number of esters is 1. The number of carbonyl (C=O) groups excluding carboxylic acids is 3. The summed E-state index contributed by atoms with van der Waals surface area (Å²) < 4.78 is 10.7. The highest BCUT2D eigenvalue weighted by Crippen LogP contribution is 2.35. The van der Waals surface area contributed by atoms with Gasteiger partial charge in [-0.15, -0.1) is 0 Å². The van der Waals surface area contributed by atoms with Gasteiger partial charge in [-0.1, -0.05) is 60.8 Å². The first kappa shape index (κ1) is 26.7. The predicted octanol–water partition coefficient (Wildman–Crippen LogP) is 4.35. The molecule has 0 spiro atoms. The van der Waals surface area contributed by atoms with Crippen LogP contribution >= 0.6 is 0 Å². The Hall–Kier alpha value is -3.88. The van der Waals surface area contributed by atoms with Crippen molar-refractivity contribution in [3.05, 3.63) is 59.7 Å². The number of amides is 2. The molecular formula is C30H36N4O5. The second-order valence-electron chi connectivity index (χ2n) is 10.6. The van der Waals surface area contributed by atoms with E-state index in [4.69, 9.17) is 15.0 Å². The Morgan fingerprint density at radius 1 is 1.05 bits per heavy atom. The lowest BCUT2D eigenvalue weighted by Gasteiger charge is -2.43. The number of nitrogens with one attached hydrogen (secondary N) is 1. The number of anilines is 1. The molecule has 39 heavy (non-hydrogen) atoms. The Morgan fingerprint density at radius 3 is 2.59 bits per heavy atom. The molecule has 0 bridgehead atoms. The van der Waals surface area contributed by atoms with Crippen molar-refractivity contribution in [2.45, 2.75) is 70.6 Å². The highest BCUT2D eigenvalue weighted by atomic mass is 16.5. The molecule has 2 amide bonds. The Bertz CT molecular complexity index is 1300.